The molecule has 1 saturated heterocycles. The summed E-state index contributed by atoms with van der Waals surface area (Å²) in [5.41, 5.74) is 3.23. The second kappa shape index (κ2) is 8.17. The van der Waals surface area contributed by atoms with Crippen LogP contribution in [-0.4, -0.2) is 28.8 Å². The van der Waals surface area contributed by atoms with E-state index in [2.05, 4.69) is 34.4 Å². The standard InChI is InChI=1S/C25H28N4O2/c1-17-11-13-28(14-12-17)24-21-7-2-3-8-22(21)25(31)29(27-24)16-23(30)26-20-10-9-18-5-4-6-19(18)15-20/h2-3,7-10,15,17H,4-6,11-14,16H2,1H3,(H,26,30). The van der Waals surface area contributed by atoms with Crippen LogP contribution in [0.1, 0.15) is 37.3 Å². The van der Waals surface area contributed by atoms with E-state index in [0.717, 1.165) is 55.7 Å². The Labute approximate surface area is 181 Å². The molecule has 31 heavy (non-hydrogen) atoms. The third-order valence-corrected chi connectivity index (χ3v) is 6.61. The van der Waals surface area contributed by atoms with Crippen LogP contribution in [0.3, 0.4) is 0 Å². The second-order valence-corrected chi connectivity index (χ2v) is 8.89. The number of rotatable bonds is 4. The first-order chi connectivity index (χ1) is 15.1. The highest BCUT2D eigenvalue weighted by Crippen LogP contribution is 2.27. The Hall–Kier alpha value is -3.15. The van der Waals surface area contributed by atoms with Crippen molar-refractivity contribution >= 4 is 28.2 Å². The predicted octanol–water partition coefficient (Wildman–Crippen LogP) is 3.76. The molecule has 0 radical (unpaired) electrons. The minimum Gasteiger partial charge on any atom is -0.355 e. The summed E-state index contributed by atoms with van der Waals surface area (Å²) in [6, 6.07) is 13.7. The molecule has 5 rings (SSSR count). The Bertz CT molecular complexity index is 1190. The van der Waals surface area contributed by atoms with E-state index in [0.29, 0.717) is 11.3 Å². The number of fused-ring (bicyclic) bond motifs is 2. The van der Waals surface area contributed by atoms with Gasteiger partial charge < -0.3 is 10.2 Å². The first kappa shape index (κ1) is 19.8. The largest absolute Gasteiger partial charge is 0.355 e. The maximum atomic E-state index is 13.1. The quantitative estimate of drug-likeness (QED) is 0.703. The van der Waals surface area contributed by atoms with E-state index in [4.69, 9.17) is 0 Å². The van der Waals surface area contributed by atoms with Crippen molar-refractivity contribution in [1.29, 1.82) is 0 Å². The van der Waals surface area contributed by atoms with Crippen molar-refractivity contribution in [3.8, 4) is 0 Å². The molecule has 1 aliphatic heterocycles. The molecule has 0 spiro atoms. The van der Waals surface area contributed by atoms with Gasteiger partial charge in [-0.1, -0.05) is 31.2 Å². The third kappa shape index (κ3) is 3.94. The molecule has 1 fully saturated rings. The maximum absolute atomic E-state index is 13.1. The average Bonchev–Trinajstić information content (AvgIpc) is 3.24. The summed E-state index contributed by atoms with van der Waals surface area (Å²) >= 11 is 0. The second-order valence-electron chi connectivity index (χ2n) is 8.89. The van der Waals surface area contributed by atoms with Crippen molar-refractivity contribution in [2.45, 2.75) is 45.6 Å². The van der Waals surface area contributed by atoms with E-state index < -0.39 is 0 Å². The van der Waals surface area contributed by atoms with Gasteiger partial charge in [-0.15, -0.1) is 0 Å². The van der Waals surface area contributed by atoms with Crippen LogP contribution in [0.25, 0.3) is 10.8 Å². The number of benzene rings is 2. The molecular formula is C25H28N4O2. The summed E-state index contributed by atoms with van der Waals surface area (Å²) in [4.78, 5) is 28.1. The topological polar surface area (TPSA) is 67.2 Å². The monoisotopic (exact) mass is 416 g/mol. The van der Waals surface area contributed by atoms with Gasteiger partial charge in [-0.05, 0) is 67.3 Å². The highest BCUT2D eigenvalue weighted by Gasteiger charge is 2.21. The number of nitrogens with zero attached hydrogens (tertiary/aromatic N) is 3. The van der Waals surface area contributed by atoms with Gasteiger partial charge in [-0.2, -0.15) is 5.10 Å². The fourth-order valence-corrected chi connectivity index (χ4v) is 4.76. The number of anilines is 2. The van der Waals surface area contributed by atoms with Crippen LogP contribution in [0.4, 0.5) is 11.5 Å². The van der Waals surface area contributed by atoms with E-state index >= 15 is 0 Å². The zero-order valence-electron chi connectivity index (χ0n) is 17.9. The van der Waals surface area contributed by atoms with E-state index in [1.54, 1.807) is 0 Å². The summed E-state index contributed by atoms with van der Waals surface area (Å²) < 4.78 is 1.32. The number of hydrogen-bond acceptors (Lipinski definition) is 4. The van der Waals surface area contributed by atoms with Crippen LogP contribution in [0.15, 0.2) is 47.3 Å². The van der Waals surface area contributed by atoms with Gasteiger partial charge in [-0.3, -0.25) is 9.59 Å². The van der Waals surface area contributed by atoms with Crippen LogP contribution in [0, 0.1) is 5.92 Å². The molecule has 160 valence electrons. The zero-order chi connectivity index (χ0) is 21.4. The summed E-state index contributed by atoms with van der Waals surface area (Å²) in [6.07, 6.45) is 5.55. The summed E-state index contributed by atoms with van der Waals surface area (Å²) in [6.45, 7) is 4.00. The molecule has 6 nitrogen and oxygen atoms in total. The van der Waals surface area contributed by atoms with E-state index in [-0.39, 0.29) is 18.0 Å². The lowest BCUT2D eigenvalue weighted by Crippen LogP contribution is -2.37. The highest BCUT2D eigenvalue weighted by molar-refractivity contribution is 5.93. The van der Waals surface area contributed by atoms with E-state index in [1.165, 1.54) is 22.2 Å². The molecule has 0 saturated carbocycles. The summed E-state index contributed by atoms with van der Waals surface area (Å²) in [5.74, 6) is 1.26. The maximum Gasteiger partial charge on any atom is 0.275 e. The van der Waals surface area contributed by atoms with Gasteiger partial charge in [0, 0.05) is 24.2 Å². The van der Waals surface area contributed by atoms with Gasteiger partial charge >= 0.3 is 0 Å². The van der Waals surface area contributed by atoms with Crippen LogP contribution in [0.5, 0.6) is 0 Å². The van der Waals surface area contributed by atoms with Crippen LogP contribution in [-0.2, 0) is 24.2 Å². The van der Waals surface area contributed by atoms with Crippen LogP contribution >= 0.6 is 0 Å². The van der Waals surface area contributed by atoms with Crippen molar-refractivity contribution in [3.05, 3.63) is 63.9 Å². The number of aromatic nitrogens is 2. The molecular weight excluding hydrogens is 388 g/mol. The molecule has 2 heterocycles. The fraction of sp³-hybridized carbons (Fsp3) is 0.400. The number of hydrogen-bond donors (Lipinski definition) is 1. The average molecular weight is 417 g/mol. The molecule has 2 aromatic carbocycles. The van der Waals surface area contributed by atoms with Crippen molar-refractivity contribution in [2.24, 2.45) is 5.92 Å². The summed E-state index contributed by atoms with van der Waals surface area (Å²) in [5, 5.41) is 9.07. The Morgan fingerprint density at radius 1 is 1.06 bits per heavy atom. The molecule has 1 aliphatic carbocycles. The first-order valence-corrected chi connectivity index (χ1v) is 11.2. The third-order valence-electron chi connectivity index (χ3n) is 6.61. The van der Waals surface area contributed by atoms with Crippen molar-refractivity contribution < 1.29 is 4.79 Å². The molecule has 3 aromatic rings. The molecule has 0 atom stereocenters. The van der Waals surface area contributed by atoms with Gasteiger partial charge in [0.15, 0.2) is 5.82 Å². The number of aryl methyl sites for hydroxylation is 2. The van der Waals surface area contributed by atoms with Gasteiger partial charge in [0.2, 0.25) is 5.91 Å². The summed E-state index contributed by atoms with van der Waals surface area (Å²) in [7, 11) is 0. The molecule has 0 bridgehead atoms. The molecule has 2 aliphatic rings. The van der Waals surface area contributed by atoms with Gasteiger partial charge in [0.25, 0.3) is 5.56 Å². The van der Waals surface area contributed by atoms with Gasteiger partial charge in [0.05, 0.1) is 5.39 Å². The molecule has 1 aromatic heterocycles. The Kier molecular flexibility index (Phi) is 5.22. The SMILES string of the molecule is CC1CCN(c2nn(CC(=O)Nc3ccc4c(c3)CCC4)c(=O)c3ccccc23)CC1. The zero-order valence-corrected chi connectivity index (χ0v) is 17.9. The fourth-order valence-electron chi connectivity index (χ4n) is 4.76. The number of amides is 1. The molecule has 1 N–H and O–H groups in total. The molecule has 0 unspecified atom stereocenters. The highest BCUT2D eigenvalue weighted by atomic mass is 16.2. The lowest BCUT2D eigenvalue weighted by Gasteiger charge is -2.32. The first-order valence-electron chi connectivity index (χ1n) is 11.2. The smallest absolute Gasteiger partial charge is 0.275 e. The van der Waals surface area contributed by atoms with Crippen molar-refractivity contribution in [3.63, 3.8) is 0 Å². The van der Waals surface area contributed by atoms with Gasteiger partial charge in [0.1, 0.15) is 6.54 Å². The molecule has 6 heteroatoms. The minimum atomic E-state index is -0.235. The minimum absolute atomic E-state index is 0.0992. The Balaban J connectivity index is 1.43. The van der Waals surface area contributed by atoms with Crippen molar-refractivity contribution in [1.82, 2.24) is 9.78 Å². The predicted molar refractivity (Wildman–Crippen MR) is 124 cm³/mol. The number of nitrogens with one attached hydrogen (secondary N) is 1. The lowest BCUT2D eigenvalue weighted by atomic mass is 9.99. The lowest BCUT2D eigenvalue weighted by molar-refractivity contribution is -0.117. The van der Waals surface area contributed by atoms with E-state index in [9.17, 15) is 9.59 Å². The number of carbonyl (C=O) groups is 1. The Morgan fingerprint density at radius 2 is 1.81 bits per heavy atom. The van der Waals surface area contributed by atoms with Crippen molar-refractivity contribution in [2.75, 3.05) is 23.3 Å². The number of carbonyl (C=O) groups excluding carboxylic acids is 1. The normalized spacial score (nSPS) is 16.5. The van der Waals surface area contributed by atoms with Crippen LogP contribution < -0.4 is 15.8 Å². The number of piperidine rings is 1. The van der Waals surface area contributed by atoms with Gasteiger partial charge in [-0.25, -0.2) is 4.68 Å². The Morgan fingerprint density at radius 3 is 2.61 bits per heavy atom. The van der Waals surface area contributed by atoms with E-state index in [1.807, 2.05) is 30.3 Å². The molecule has 1 amide bonds. The van der Waals surface area contributed by atoms with Crippen LogP contribution in [0.2, 0.25) is 0 Å².